The lowest BCUT2D eigenvalue weighted by Crippen LogP contribution is -2.10. The van der Waals surface area contributed by atoms with E-state index in [0.29, 0.717) is 22.8 Å². The lowest BCUT2D eigenvalue weighted by Gasteiger charge is -2.07. The van der Waals surface area contributed by atoms with Crippen LogP contribution in [0.15, 0.2) is 78.9 Å². The molecule has 0 heterocycles. The van der Waals surface area contributed by atoms with E-state index in [2.05, 4.69) is 26.0 Å². The lowest BCUT2D eigenvalue weighted by atomic mass is 10.0. The average Bonchev–Trinajstić information content (AvgIpc) is 2.73. The highest BCUT2D eigenvalue weighted by Gasteiger charge is 2.11. The van der Waals surface area contributed by atoms with Crippen LogP contribution in [0, 0.1) is 6.92 Å². The molecular formula is C26H24O3. The summed E-state index contributed by atoms with van der Waals surface area (Å²) in [7, 11) is 0. The van der Waals surface area contributed by atoms with E-state index in [1.807, 2.05) is 31.2 Å². The monoisotopic (exact) mass is 384 g/mol. The zero-order valence-electron chi connectivity index (χ0n) is 16.9. The van der Waals surface area contributed by atoms with E-state index in [-0.39, 0.29) is 5.78 Å². The van der Waals surface area contributed by atoms with Gasteiger partial charge in [0.25, 0.3) is 0 Å². The molecule has 3 aromatic rings. The fraction of sp³-hybridized carbons (Fsp3) is 0.154. The first-order valence-electron chi connectivity index (χ1n) is 9.64. The molecule has 29 heavy (non-hydrogen) atoms. The van der Waals surface area contributed by atoms with Crippen LogP contribution in [-0.2, 0) is 0 Å². The van der Waals surface area contributed by atoms with Crippen molar-refractivity contribution in [1.82, 2.24) is 0 Å². The Morgan fingerprint density at radius 3 is 2.14 bits per heavy atom. The molecule has 0 fully saturated rings. The number of rotatable bonds is 6. The number of hydrogen-bond acceptors (Lipinski definition) is 3. The van der Waals surface area contributed by atoms with Crippen molar-refractivity contribution in [2.75, 3.05) is 0 Å². The van der Waals surface area contributed by atoms with E-state index in [0.717, 1.165) is 11.1 Å². The molecule has 3 rings (SSSR count). The van der Waals surface area contributed by atoms with Crippen molar-refractivity contribution >= 4 is 17.8 Å². The highest BCUT2D eigenvalue weighted by molar-refractivity contribution is 6.06. The molecule has 0 N–H and O–H groups in total. The van der Waals surface area contributed by atoms with Crippen LogP contribution in [0.25, 0.3) is 6.08 Å². The third-order valence-electron chi connectivity index (χ3n) is 4.74. The van der Waals surface area contributed by atoms with E-state index in [1.165, 1.54) is 5.56 Å². The van der Waals surface area contributed by atoms with Crippen LogP contribution in [0.3, 0.4) is 0 Å². The Balaban J connectivity index is 1.64. The molecule has 0 unspecified atom stereocenters. The maximum atomic E-state index is 12.4. The first-order valence-corrected chi connectivity index (χ1v) is 9.64. The van der Waals surface area contributed by atoms with Gasteiger partial charge in [-0.3, -0.25) is 4.79 Å². The molecule has 0 amide bonds. The summed E-state index contributed by atoms with van der Waals surface area (Å²) in [6.07, 6.45) is 3.36. The predicted molar refractivity (Wildman–Crippen MR) is 116 cm³/mol. The first-order chi connectivity index (χ1) is 13.9. The molecule has 0 radical (unpaired) electrons. The number of carbonyl (C=O) groups is 2. The molecule has 0 aliphatic carbocycles. The Hall–Kier alpha value is -3.46. The molecule has 0 aliphatic heterocycles. The molecule has 0 saturated carbocycles. The quantitative estimate of drug-likeness (QED) is 0.219. The summed E-state index contributed by atoms with van der Waals surface area (Å²) in [6, 6.07) is 22.0. The summed E-state index contributed by atoms with van der Waals surface area (Å²) in [5.74, 6) is 0.373. The van der Waals surface area contributed by atoms with Gasteiger partial charge in [-0.15, -0.1) is 0 Å². The van der Waals surface area contributed by atoms with Crippen LogP contribution in [0.1, 0.15) is 57.2 Å². The Labute approximate surface area is 171 Å². The number of ketones is 1. The van der Waals surface area contributed by atoms with Gasteiger partial charge in [0.05, 0.1) is 5.56 Å². The van der Waals surface area contributed by atoms with Crippen LogP contribution in [0.4, 0.5) is 0 Å². The summed E-state index contributed by atoms with van der Waals surface area (Å²) in [5.41, 5.74) is 4.17. The maximum absolute atomic E-state index is 12.4. The number of esters is 1. The molecule has 0 atom stereocenters. The summed E-state index contributed by atoms with van der Waals surface area (Å²) in [5, 5.41) is 0. The number of carbonyl (C=O) groups excluding carboxylic acids is 2. The summed E-state index contributed by atoms with van der Waals surface area (Å²) in [4.78, 5) is 24.7. The Kier molecular flexibility index (Phi) is 6.40. The Morgan fingerprint density at radius 1 is 0.862 bits per heavy atom. The molecule has 3 aromatic carbocycles. The molecule has 0 aromatic heterocycles. The van der Waals surface area contributed by atoms with Gasteiger partial charge in [0.15, 0.2) is 5.78 Å². The molecule has 0 bridgehead atoms. The van der Waals surface area contributed by atoms with Gasteiger partial charge >= 0.3 is 5.97 Å². The van der Waals surface area contributed by atoms with Crippen LogP contribution in [0.5, 0.6) is 5.75 Å². The first kappa shape index (κ1) is 20.3. The van der Waals surface area contributed by atoms with Gasteiger partial charge in [0.1, 0.15) is 5.75 Å². The highest BCUT2D eigenvalue weighted by Crippen LogP contribution is 2.18. The van der Waals surface area contributed by atoms with Crippen molar-refractivity contribution in [1.29, 1.82) is 0 Å². The van der Waals surface area contributed by atoms with Crippen molar-refractivity contribution in [2.24, 2.45) is 0 Å². The number of allylic oxidation sites excluding steroid dienone is 1. The molecule has 146 valence electrons. The second-order valence-corrected chi connectivity index (χ2v) is 7.25. The molecule has 0 saturated heterocycles. The number of benzene rings is 3. The summed E-state index contributed by atoms with van der Waals surface area (Å²) < 4.78 is 5.41. The minimum absolute atomic E-state index is 0.102. The SMILES string of the molecule is Cc1ccccc1C(=O)Oc1ccc(C(=O)C=Cc2ccc(C(C)C)cc2)cc1. The molecule has 0 spiro atoms. The molecular weight excluding hydrogens is 360 g/mol. The topological polar surface area (TPSA) is 43.4 Å². The maximum Gasteiger partial charge on any atom is 0.343 e. The average molecular weight is 384 g/mol. The van der Waals surface area contributed by atoms with E-state index in [9.17, 15) is 9.59 Å². The smallest absolute Gasteiger partial charge is 0.343 e. The van der Waals surface area contributed by atoms with E-state index >= 15 is 0 Å². The highest BCUT2D eigenvalue weighted by atomic mass is 16.5. The Bertz CT molecular complexity index is 1030. The second kappa shape index (κ2) is 9.16. The molecule has 0 aliphatic rings. The van der Waals surface area contributed by atoms with E-state index in [4.69, 9.17) is 4.74 Å². The van der Waals surface area contributed by atoms with Gasteiger partial charge in [0, 0.05) is 5.56 Å². The number of ether oxygens (including phenoxy) is 1. The lowest BCUT2D eigenvalue weighted by molar-refractivity contribution is 0.0734. The summed E-state index contributed by atoms with van der Waals surface area (Å²) >= 11 is 0. The van der Waals surface area contributed by atoms with Crippen molar-refractivity contribution in [3.8, 4) is 5.75 Å². The fourth-order valence-corrected chi connectivity index (χ4v) is 2.91. The van der Waals surface area contributed by atoms with Crippen LogP contribution < -0.4 is 4.74 Å². The minimum Gasteiger partial charge on any atom is -0.423 e. The van der Waals surface area contributed by atoms with Gasteiger partial charge in [0.2, 0.25) is 0 Å². The Morgan fingerprint density at radius 2 is 1.52 bits per heavy atom. The third-order valence-corrected chi connectivity index (χ3v) is 4.74. The van der Waals surface area contributed by atoms with Crippen molar-refractivity contribution < 1.29 is 14.3 Å². The molecule has 3 nitrogen and oxygen atoms in total. The van der Waals surface area contributed by atoms with Gasteiger partial charge < -0.3 is 4.74 Å². The minimum atomic E-state index is -0.410. The van der Waals surface area contributed by atoms with Crippen molar-refractivity contribution in [2.45, 2.75) is 26.7 Å². The van der Waals surface area contributed by atoms with Crippen LogP contribution in [-0.4, -0.2) is 11.8 Å². The van der Waals surface area contributed by atoms with Gasteiger partial charge in [-0.05, 0) is 65.9 Å². The van der Waals surface area contributed by atoms with E-state index in [1.54, 1.807) is 48.6 Å². The van der Waals surface area contributed by atoms with Gasteiger partial charge in [-0.25, -0.2) is 4.79 Å². The third kappa shape index (κ3) is 5.29. The normalized spacial score (nSPS) is 11.0. The largest absolute Gasteiger partial charge is 0.423 e. The number of aryl methyl sites for hydroxylation is 1. The fourth-order valence-electron chi connectivity index (χ4n) is 2.91. The number of hydrogen-bond donors (Lipinski definition) is 0. The predicted octanol–water partition coefficient (Wildman–Crippen LogP) is 6.23. The van der Waals surface area contributed by atoms with Crippen LogP contribution in [0.2, 0.25) is 0 Å². The second-order valence-electron chi connectivity index (χ2n) is 7.25. The molecule has 3 heteroatoms. The zero-order valence-corrected chi connectivity index (χ0v) is 16.9. The summed E-state index contributed by atoms with van der Waals surface area (Å²) in [6.45, 7) is 6.16. The van der Waals surface area contributed by atoms with Crippen molar-refractivity contribution in [3.63, 3.8) is 0 Å². The standard InChI is InChI=1S/C26H24O3/c1-18(2)21-11-8-20(9-12-21)10-17-25(27)22-13-15-23(16-14-22)29-26(28)24-7-5-4-6-19(24)3/h4-18H,1-3H3. The van der Waals surface area contributed by atoms with E-state index < -0.39 is 5.97 Å². The zero-order chi connectivity index (χ0) is 20.8. The van der Waals surface area contributed by atoms with Gasteiger partial charge in [-0.1, -0.05) is 62.4 Å². The van der Waals surface area contributed by atoms with Crippen LogP contribution >= 0.6 is 0 Å². The van der Waals surface area contributed by atoms with Gasteiger partial charge in [-0.2, -0.15) is 0 Å². The van der Waals surface area contributed by atoms with Crippen molar-refractivity contribution in [3.05, 3.63) is 107 Å².